The van der Waals surface area contributed by atoms with Crippen LogP contribution < -0.4 is 0 Å². The Labute approximate surface area is 81.5 Å². The third-order valence-corrected chi connectivity index (χ3v) is 2.43. The van der Waals surface area contributed by atoms with Crippen LogP contribution >= 0.6 is 0 Å². The Morgan fingerprint density at radius 2 is 2.36 bits per heavy atom. The van der Waals surface area contributed by atoms with Gasteiger partial charge in [0, 0.05) is 18.4 Å². The quantitative estimate of drug-likeness (QED) is 0.780. The van der Waals surface area contributed by atoms with Crippen molar-refractivity contribution in [1.29, 1.82) is 0 Å². The highest BCUT2D eigenvalue weighted by molar-refractivity contribution is 5.91. The first-order valence-electron chi connectivity index (χ1n) is 4.68. The molecule has 0 bridgehead atoms. The lowest BCUT2D eigenvalue weighted by atomic mass is 10.0. The topological polar surface area (TPSA) is 59.7 Å². The van der Waals surface area contributed by atoms with E-state index in [1.165, 1.54) is 0 Å². The summed E-state index contributed by atoms with van der Waals surface area (Å²) < 4.78 is 10.6. The Morgan fingerprint density at radius 1 is 1.57 bits per heavy atom. The first kappa shape index (κ1) is 9.27. The second kappa shape index (κ2) is 3.46. The average molecular weight is 196 g/mol. The second-order valence-corrected chi connectivity index (χ2v) is 3.26. The van der Waals surface area contributed by atoms with Gasteiger partial charge in [0.15, 0.2) is 0 Å². The van der Waals surface area contributed by atoms with Crippen molar-refractivity contribution in [3.05, 3.63) is 22.6 Å². The molecule has 0 aromatic carbocycles. The van der Waals surface area contributed by atoms with E-state index < -0.39 is 5.97 Å². The van der Waals surface area contributed by atoms with Gasteiger partial charge in [-0.3, -0.25) is 0 Å². The largest absolute Gasteiger partial charge is 0.478 e. The Hall–Kier alpha value is -1.29. The minimum absolute atomic E-state index is 0.353. The monoisotopic (exact) mass is 196 g/mol. The molecule has 4 nitrogen and oxygen atoms in total. The number of ether oxygens (including phenoxy) is 1. The molecule has 1 N–H and O–H groups in total. The van der Waals surface area contributed by atoms with Gasteiger partial charge in [0.05, 0.1) is 6.61 Å². The molecule has 0 saturated carbocycles. The van der Waals surface area contributed by atoms with E-state index in [2.05, 4.69) is 0 Å². The number of rotatable bonds is 2. The Kier molecular flexibility index (Phi) is 2.29. The molecule has 0 radical (unpaired) electrons. The molecule has 0 amide bonds. The summed E-state index contributed by atoms with van der Waals surface area (Å²) in [6.45, 7) is 2.86. The lowest BCUT2D eigenvalue weighted by Gasteiger charge is -2.10. The molecular weight excluding hydrogens is 184 g/mol. The van der Waals surface area contributed by atoms with Gasteiger partial charge >= 0.3 is 5.97 Å². The second-order valence-electron chi connectivity index (χ2n) is 3.26. The number of aromatic carboxylic acids is 1. The first-order valence-corrected chi connectivity index (χ1v) is 4.68. The summed E-state index contributed by atoms with van der Waals surface area (Å²) in [7, 11) is 0. The van der Waals surface area contributed by atoms with Crippen molar-refractivity contribution < 1.29 is 19.1 Å². The van der Waals surface area contributed by atoms with Gasteiger partial charge in [-0.25, -0.2) is 4.79 Å². The van der Waals surface area contributed by atoms with Crippen molar-refractivity contribution in [2.45, 2.75) is 26.4 Å². The minimum Gasteiger partial charge on any atom is -0.478 e. The number of carboxylic acid groups (broad SMARTS) is 1. The lowest BCUT2D eigenvalue weighted by Crippen LogP contribution is -2.11. The molecule has 0 aliphatic carbocycles. The smallest absolute Gasteiger partial charge is 0.339 e. The predicted molar refractivity (Wildman–Crippen MR) is 48.4 cm³/mol. The number of hydrogen-bond acceptors (Lipinski definition) is 3. The Bertz CT molecular complexity index is 364. The Balaban J connectivity index is 2.53. The van der Waals surface area contributed by atoms with Crippen LogP contribution in [0.5, 0.6) is 0 Å². The molecule has 0 saturated heterocycles. The summed E-state index contributed by atoms with van der Waals surface area (Å²) in [4.78, 5) is 11.0. The van der Waals surface area contributed by atoms with Gasteiger partial charge in [0.25, 0.3) is 0 Å². The first-order chi connectivity index (χ1) is 6.74. The summed E-state index contributed by atoms with van der Waals surface area (Å²) in [6.07, 6.45) is 1.25. The molecule has 0 atom stereocenters. The standard InChI is InChI=1S/C10H12O4/c1-2-7-9(10(11)12)6-3-4-13-5-8(6)14-7/h2-5H2,1H3,(H,11,12). The maximum Gasteiger partial charge on any atom is 0.339 e. The molecule has 0 spiro atoms. The number of fused-ring (bicyclic) bond motifs is 1. The molecule has 0 unspecified atom stereocenters. The molecule has 1 aromatic rings. The van der Waals surface area contributed by atoms with Crippen LogP contribution in [0.15, 0.2) is 4.42 Å². The van der Waals surface area contributed by atoms with Gasteiger partial charge in [0.1, 0.15) is 23.7 Å². The van der Waals surface area contributed by atoms with E-state index in [0.717, 1.165) is 5.56 Å². The van der Waals surface area contributed by atoms with E-state index >= 15 is 0 Å². The van der Waals surface area contributed by atoms with Crippen LogP contribution in [0.2, 0.25) is 0 Å². The molecule has 2 heterocycles. The van der Waals surface area contributed by atoms with Crippen molar-refractivity contribution in [2.75, 3.05) is 6.61 Å². The van der Waals surface area contributed by atoms with Crippen LogP contribution in [0.25, 0.3) is 0 Å². The maximum absolute atomic E-state index is 11.0. The van der Waals surface area contributed by atoms with Crippen molar-refractivity contribution in [3.63, 3.8) is 0 Å². The van der Waals surface area contributed by atoms with E-state index in [9.17, 15) is 4.79 Å². The van der Waals surface area contributed by atoms with Gasteiger partial charge in [-0.2, -0.15) is 0 Å². The van der Waals surface area contributed by atoms with Crippen molar-refractivity contribution >= 4 is 5.97 Å². The number of carbonyl (C=O) groups is 1. The van der Waals surface area contributed by atoms with Crippen molar-refractivity contribution in [2.24, 2.45) is 0 Å². The number of furan rings is 1. The van der Waals surface area contributed by atoms with E-state index in [1.807, 2.05) is 6.92 Å². The van der Waals surface area contributed by atoms with Crippen LogP contribution in [0, 0.1) is 0 Å². The third-order valence-electron chi connectivity index (χ3n) is 2.43. The molecule has 1 aliphatic heterocycles. The molecule has 1 aromatic heterocycles. The molecular formula is C10H12O4. The van der Waals surface area contributed by atoms with Crippen LogP contribution in [-0.4, -0.2) is 17.7 Å². The van der Waals surface area contributed by atoms with Crippen LogP contribution in [-0.2, 0) is 24.2 Å². The van der Waals surface area contributed by atoms with Gasteiger partial charge in [-0.1, -0.05) is 6.92 Å². The zero-order valence-electron chi connectivity index (χ0n) is 8.00. The van der Waals surface area contributed by atoms with E-state index in [-0.39, 0.29) is 0 Å². The highest BCUT2D eigenvalue weighted by Gasteiger charge is 2.26. The highest BCUT2D eigenvalue weighted by Crippen LogP contribution is 2.27. The zero-order chi connectivity index (χ0) is 10.1. The molecule has 4 heteroatoms. The van der Waals surface area contributed by atoms with Gasteiger partial charge < -0.3 is 14.3 Å². The fourth-order valence-corrected chi connectivity index (χ4v) is 1.79. The lowest BCUT2D eigenvalue weighted by molar-refractivity contribution is 0.0691. The normalized spacial score (nSPS) is 15.2. The minimum atomic E-state index is -0.895. The molecule has 14 heavy (non-hydrogen) atoms. The van der Waals surface area contributed by atoms with Crippen molar-refractivity contribution in [1.82, 2.24) is 0 Å². The van der Waals surface area contributed by atoms with Gasteiger partial charge in [0.2, 0.25) is 0 Å². The molecule has 0 fully saturated rings. The molecule has 2 rings (SSSR count). The third kappa shape index (κ3) is 1.32. The van der Waals surface area contributed by atoms with E-state index in [4.69, 9.17) is 14.3 Å². The van der Waals surface area contributed by atoms with Gasteiger partial charge in [-0.15, -0.1) is 0 Å². The van der Waals surface area contributed by atoms with Crippen LogP contribution in [0.4, 0.5) is 0 Å². The summed E-state index contributed by atoms with van der Waals surface area (Å²) >= 11 is 0. The average Bonchev–Trinajstić information content (AvgIpc) is 2.55. The molecule has 1 aliphatic rings. The van der Waals surface area contributed by atoms with Crippen LogP contribution in [0.1, 0.15) is 34.4 Å². The van der Waals surface area contributed by atoms with E-state index in [1.54, 1.807) is 0 Å². The summed E-state index contributed by atoms with van der Waals surface area (Å²) in [6, 6.07) is 0. The SMILES string of the molecule is CCc1oc2c(c1C(=O)O)CCOC2. The van der Waals surface area contributed by atoms with E-state index in [0.29, 0.717) is 43.1 Å². The Morgan fingerprint density at radius 3 is 3.00 bits per heavy atom. The van der Waals surface area contributed by atoms with Gasteiger partial charge in [-0.05, 0) is 0 Å². The summed E-state index contributed by atoms with van der Waals surface area (Å²) in [5, 5.41) is 9.04. The highest BCUT2D eigenvalue weighted by atomic mass is 16.5. The zero-order valence-corrected chi connectivity index (χ0v) is 8.00. The summed E-state index contributed by atoms with van der Waals surface area (Å²) in [5.74, 6) is 0.354. The number of carboxylic acids is 1. The maximum atomic E-state index is 11.0. The van der Waals surface area contributed by atoms with Crippen LogP contribution in [0.3, 0.4) is 0 Å². The number of aryl methyl sites for hydroxylation is 1. The predicted octanol–water partition coefficient (Wildman–Crippen LogP) is 1.61. The van der Waals surface area contributed by atoms with Crippen molar-refractivity contribution in [3.8, 4) is 0 Å². The fourth-order valence-electron chi connectivity index (χ4n) is 1.79. The molecule has 76 valence electrons. The summed E-state index contributed by atoms with van der Waals surface area (Å²) in [5.41, 5.74) is 1.17. The fraction of sp³-hybridized carbons (Fsp3) is 0.500. The number of hydrogen-bond donors (Lipinski definition) is 1.